The van der Waals surface area contributed by atoms with Gasteiger partial charge < -0.3 is 4.42 Å². The molecule has 0 atom stereocenters. The molecule has 0 aliphatic carbocycles. The Morgan fingerprint density at radius 3 is 2.57 bits per heavy atom. The number of hydrogen-bond donors (Lipinski definition) is 0. The molecule has 0 amide bonds. The highest BCUT2D eigenvalue weighted by atomic mass is 16.3. The largest absolute Gasteiger partial charge is 0.454 e. The zero-order valence-electron chi connectivity index (χ0n) is 12.1. The molecule has 0 spiro atoms. The van der Waals surface area contributed by atoms with Crippen LogP contribution in [-0.4, -0.2) is 15.0 Å². The van der Waals surface area contributed by atoms with Crippen molar-refractivity contribution in [3.05, 3.63) is 67.1 Å². The molecule has 4 heterocycles. The SMILES string of the molecule is c1cnc2cc(-c3cc4c(cn3)oc3ccccc34)ncc2c1. The summed E-state index contributed by atoms with van der Waals surface area (Å²) in [6.07, 6.45) is 5.37. The zero-order valence-corrected chi connectivity index (χ0v) is 12.1. The van der Waals surface area contributed by atoms with E-state index in [4.69, 9.17) is 4.42 Å². The maximum atomic E-state index is 5.82. The molecule has 4 aromatic heterocycles. The predicted molar refractivity (Wildman–Crippen MR) is 90.0 cm³/mol. The third kappa shape index (κ3) is 1.89. The zero-order chi connectivity index (χ0) is 15.2. The van der Waals surface area contributed by atoms with E-state index in [0.717, 1.165) is 44.2 Å². The number of fused-ring (bicyclic) bond motifs is 4. The Hall–Kier alpha value is -3.27. The van der Waals surface area contributed by atoms with Crippen LogP contribution in [-0.2, 0) is 0 Å². The number of nitrogens with zero attached hydrogens (tertiary/aromatic N) is 3. The van der Waals surface area contributed by atoms with Gasteiger partial charge in [-0.25, -0.2) is 0 Å². The molecule has 4 nitrogen and oxygen atoms in total. The number of rotatable bonds is 1. The summed E-state index contributed by atoms with van der Waals surface area (Å²) < 4.78 is 5.82. The molecule has 0 bridgehead atoms. The summed E-state index contributed by atoms with van der Waals surface area (Å²) in [7, 11) is 0. The molecule has 1 aromatic carbocycles. The van der Waals surface area contributed by atoms with Crippen LogP contribution in [0.25, 0.3) is 44.2 Å². The molecule has 5 aromatic rings. The van der Waals surface area contributed by atoms with Crippen molar-refractivity contribution in [3.8, 4) is 11.4 Å². The lowest BCUT2D eigenvalue weighted by molar-refractivity contribution is 0.667. The quantitative estimate of drug-likeness (QED) is 0.454. The van der Waals surface area contributed by atoms with Crippen LogP contribution in [0.15, 0.2) is 71.5 Å². The van der Waals surface area contributed by atoms with E-state index < -0.39 is 0 Å². The minimum absolute atomic E-state index is 0.786. The van der Waals surface area contributed by atoms with E-state index in [2.05, 4.69) is 21.0 Å². The van der Waals surface area contributed by atoms with Gasteiger partial charge in [0.25, 0.3) is 0 Å². The van der Waals surface area contributed by atoms with Gasteiger partial charge in [0.1, 0.15) is 5.58 Å². The third-order valence-corrected chi connectivity index (χ3v) is 4.01. The summed E-state index contributed by atoms with van der Waals surface area (Å²) in [6.45, 7) is 0. The van der Waals surface area contributed by atoms with Crippen LogP contribution >= 0.6 is 0 Å². The second-order valence-electron chi connectivity index (χ2n) is 5.43. The first kappa shape index (κ1) is 12.3. The van der Waals surface area contributed by atoms with Crippen molar-refractivity contribution in [2.45, 2.75) is 0 Å². The van der Waals surface area contributed by atoms with Crippen molar-refractivity contribution < 1.29 is 4.42 Å². The van der Waals surface area contributed by atoms with E-state index in [1.165, 1.54) is 0 Å². The van der Waals surface area contributed by atoms with Crippen molar-refractivity contribution in [1.82, 2.24) is 15.0 Å². The molecule has 23 heavy (non-hydrogen) atoms. The maximum Gasteiger partial charge on any atom is 0.153 e. The molecule has 0 fully saturated rings. The van der Waals surface area contributed by atoms with Gasteiger partial charge in [-0.1, -0.05) is 18.2 Å². The van der Waals surface area contributed by atoms with Gasteiger partial charge in [0.2, 0.25) is 0 Å². The summed E-state index contributed by atoms with van der Waals surface area (Å²) in [5.74, 6) is 0. The average Bonchev–Trinajstić information content (AvgIpc) is 2.99. The van der Waals surface area contributed by atoms with Gasteiger partial charge in [-0.2, -0.15) is 0 Å². The topological polar surface area (TPSA) is 51.8 Å². The van der Waals surface area contributed by atoms with Crippen LogP contribution in [0, 0.1) is 0 Å². The molecule has 0 saturated heterocycles. The molecular formula is C19H11N3O. The molecule has 108 valence electrons. The Morgan fingerprint density at radius 2 is 1.57 bits per heavy atom. The third-order valence-electron chi connectivity index (χ3n) is 4.01. The van der Waals surface area contributed by atoms with Crippen molar-refractivity contribution in [2.24, 2.45) is 0 Å². The predicted octanol–water partition coefficient (Wildman–Crippen LogP) is 4.59. The van der Waals surface area contributed by atoms with Crippen LogP contribution in [0.5, 0.6) is 0 Å². The monoisotopic (exact) mass is 297 g/mol. The summed E-state index contributed by atoms with van der Waals surface area (Å²) in [6, 6.07) is 15.9. The highest BCUT2D eigenvalue weighted by Gasteiger charge is 2.10. The molecule has 0 saturated carbocycles. The van der Waals surface area contributed by atoms with Crippen LogP contribution in [0.2, 0.25) is 0 Å². The Morgan fingerprint density at radius 1 is 0.696 bits per heavy atom. The molecule has 0 aliphatic rings. The average molecular weight is 297 g/mol. The highest BCUT2D eigenvalue weighted by molar-refractivity contribution is 6.05. The number of aromatic nitrogens is 3. The standard InChI is InChI=1S/C19H11N3O/c1-2-6-18-13(5-1)14-8-16(22-11-19(14)23-18)17-9-15-12(10-21-17)4-3-7-20-15/h1-11H. The Balaban J connectivity index is 1.76. The second kappa shape index (κ2) is 4.61. The van der Waals surface area contributed by atoms with E-state index in [-0.39, 0.29) is 0 Å². The van der Waals surface area contributed by atoms with Crippen LogP contribution in [0.3, 0.4) is 0 Å². The first-order valence-electron chi connectivity index (χ1n) is 7.37. The first-order valence-corrected chi connectivity index (χ1v) is 7.37. The molecule has 5 rings (SSSR count). The smallest absolute Gasteiger partial charge is 0.153 e. The molecule has 4 heteroatoms. The van der Waals surface area contributed by atoms with Crippen molar-refractivity contribution in [3.63, 3.8) is 0 Å². The Kier molecular flexibility index (Phi) is 2.46. The minimum Gasteiger partial charge on any atom is -0.454 e. The van der Waals surface area contributed by atoms with Gasteiger partial charge >= 0.3 is 0 Å². The fourth-order valence-electron chi connectivity index (χ4n) is 2.88. The maximum absolute atomic E-state index is 5.82. The minimum atomic E-state index is 0.786. The molecule has 0 aliphatic heterocycles. The molecule has 0 N–H and O–H groups in total. The summed E-state index contributed by atoms with van der Waals surface area (Å²) in [5.41, 5.74) is 4.19. The lowest BCUT2D eigenvalue weighted by Gasteiger charge is -2.02. The van der Waals surface area contributed by atoms with Gasteiger partial charge in [-0.15, -0.1) is 0 Å². The van der Waals surface area contributed by atoms with Gasteiger partial charge in [0.05, 0.1) is 23.1 Å². The van der Waals surface area contributed by atoms with E-state index in [9.17, 15) is 0 Å². The van der Waals surface area contributed by atoms with Gasteiger partial charge in [0, 0.05) is 28.6 Å². The fraction of sp³-hybridized carbons (Fsp3) is 0. The van der Waals surface area contributed by atoms with Crippen molar-refractivity contribution >= 4 is 32.8 Å². The lowest BCUT2D eigenvalue weighted by Crippen LogP contribution is -1.88. The summed E-state index contributed by atoms with van der Waals surface area (Å²) >= 11 is 0. The summed E-state index contributed by atoms with van der Waals surface area (Å²) in [5, 5.41) is 3.16. The number of benzene rings is 1. The van der Waals surface area contributed by atoms with Crippen molar-refractivity contribution in [1.29, 1.82) is 0 Å². The first-order chi connectivity index (χ1) is 11.4. The van der Waals surface area contributed by atoms with Crippen LogP contribution in [0.4, 0.5) is 0 Å². The van der Waals surface area contributed by atoms with Crippen LogP contribution < -0.4 is 0 Å². The Labute approximate surface area is 131 Å². The number of furan rings is 1. The highest BCUT2D eigenvalue weighted by Crippen LogP contribution is 2.30. The van der Waals surface area contributed by atoms with E-state index >= 15 is 0 Å². The number of hydrogen-bond acceptors (Lipinski definition) is 4. The second-order valence-corrected chi connectivity index (χ2v) is 5.43. The summed E-state index contributed by atoms with van der Waals surface area (Å²) in [4.78, 5) is 13.4. The number of pyridine rings is 3. The van der Waals surface area contributed by atoms with E-state index in [1.54, 1.807) is 12.4 Å². The molecule has 0 radical (unpaired) electrons. The normalized spacial score (nSPS) is 11.5. The van der Waals surface area contributed by atoms with Crippen molar-refractivity contribution in [2.75, 3.05) is 0 Å². The fourth-order valence-corrected chi connectivity index (χ4v) is 2.88. The van der Waals surface area contributed by atoms with E-state index in [1.807, 2.05) is 48.7 Å². The number of para-hydroxylation sites is 1. The van der Waals surface area contributed by atoms with Gasteiger partial charge in [0.15, 0.2) is 5.58 Å². The molecule has 0 unspecified atom stereocenters. The molecular weight excluding hydrogens is 286 g/mol. The van der Waals surface area contributed by atoms with Gasteiger partial charge in [-0.05, 0) is 30.3 Å². The van der Waals surface area contributed by atoms with E-state index in [0.29, 0.717) is 0 Å². The van der Waals surface area contributed by atoms with Gasteiger partial charge in [-0.3, -0.25) is 15.0 Å². The Bertz CT molecular complexity index is 1180. The lowest BCUT2D eigenvalue weighted by atomic mass is 10.1. The van der Waals surface area contributed by atoms with Crippen LogP contribution in [0.1, 0.15) is 0 Å².